The number of hydrogen-bond acceptors (Lipinski definition) is 4. The van der Waals surface area contributed by atoms with Crippen LogP contribution >= 0.6 is 0 Å². The third-order valence-electron chi connectivity index (χ3n) is 10.7. The predicted molar refractivity (Wildman–Crippen MR) is 154 cm³/mol. The number of rotatable bonds is 11. The van der Waals surface area contributed by atoms with Gasteiger partial charge < -0.3 is 15.3 Å². The molecule has 0 unspecified atom stereocenters. The average Bonchev–Trinajstić information content (AvgIpc) is 3.62. The molecule has 0 bridgehead atoms. The normalized spacial score (nSPS) is 36.5. The number of unbranched alkanes of at least 4 members (excludes halogenated alkanes) is 3. The number of allylic oxidation sites excluding steroid dienone is 4. The Balaban J connectivity index is 1.40. The van der Waals surface area contributed by atoms with Gasteiger partial charge in [0.1, 0.15) is 5.78 Å². The number of Topliss-reactive ketones (excluding diaryl/α,β-unsaturated/α-hetero) is 1. The van der Waals surface area contributed by atoms with Crippen LogP contribution in [0.25, 0.3) is 0 Å². The second kappa shape index (κ2) is 12.4. The van der Waals surface area contributed by atoms with Crippen molar-refractivity contribution in [2.24, 2.45) is 28.6 Å². The smallest absolute Gasteiger partial charge is 0.141 e. The highest BCUT2D eigenvalue weighted by molar-refractivity contribution is 5.88. The Bertz CT molecular complexity index is 954. The van der Waals surface area contributed by atoms with Crippen LogP contribution in [0.4, 0.5) is 0 Å². The topological polar surface area (TPSA) is 77.8 Å². The first-order valence-electron chi connectivity index (χ1n) is 15.5. The zero-order chi connectivity index (χ0) is 27.5. The van der Waals surface area contributed by atoms with Gasteiger partial charge in [0.05, 0.1) is 23.7 Å². The minimum Gasteiger partial charge on any atom is -0.393 e. The summed E-state index contributed by atoms with van der Waals surface area (Å²) in [6.45, 7) is 11.0. The van der Waals surface area contributed by atoms with Crippen molar-refractivity contribution in [1.29, 1.82) is 0 Å². The van der Waals surface area contributed by atoms with Gasteiger partial charge in [0.2, 0.25) is 0 Å². The summed E-state index contributed by atoms with van der Waals surface area (Å²) in [4.78, 5) is 12.9. The summed E-state index contributed by atoms with van der Waals surface area (Å²) in [5.41, 5.74) is 2.94. The van der Waals surface area contributed by atoms with Crippen molar-refractivity contribution in [1.82, 2.24) is 0 Å². The molecule has 4 nitrogen and oxygen atoms in total. The lowest BCUT2D eigenvalue weighted by Crippen LogP contribution is -2.35. The summed E-state index contributed by atoms with van der Waals surface area (Å²) in [7, 11) is 0. The van der Waals surface area contributed by atoms with Crippen LogP contribution in [0.2, 0.25) is 0 Å². The lowest BCUT2D eigenvalue weighted by Gasteiger charge is -2.44. The van der Waals surface area contributed by atoms with Crippen molar-refractivity contribution >= 4 is 5.78 Å². The minimum atomic E-state index is -0.656. The van der Waals surface area contributed by atoms with E-state index in [-0.39, 0.29) is 11.2 Å². The highest BCUT2D eigenvalue weighted by Gasteiger charge is 2.54. The van der Waals surface area contributed by atoms with Gasteiger partial charge >= 0.3 is 0 Å². The Morgan fingerprint density at radius 1 is 1.11 bits per heavy atom. The third-order valence-corrected chi connectivity index (χ3v) is 10.7. The second-order valence-corrected chi connectivity index (χ2v) is 13.2. The van der Waals surface area contributed by atoms with Crippen LogP contribution in [0.1, 0.15) is 111 Å². The first kappa shape index (κ1) is 29.5. The maximum absolute atomic E-state index is 12.9. The van der Waals surface area contributed by atoms with Crippen LogP contribution in [0.3, 0.4) is 0 Å². The fourth-order valence-corrected chi connectivity index (χ4v) is 8.04. The molecular weight excluding hydrogens is 472 g/mol. The molecule has 4 saturated carbocycles. The monoisotopic (exact) mass is 524 g/mol. The molecule has 0 aromatic heterocycles. The van der Waals surface area contributed by atoms with Crippen molar-refractivity contribution in [3.05, 3.63) is 47.6 Å². The van der Waals surface area contributed by atoms with E-state index in [2.05, 4.69) is 45.6 Å². The molecule has 0 amide bonds. The molecule has 0 spiro atoms. The summed E-state index contributed by atoms with van der Waals surface area (Å²) in [6.07, 6.45) is 20.2. The molecule has 0 heterocycles. The van der Waals surface area contributed by atoms with E-state index in [1.54, 1.807) is 0 Å². The molecule has 4 fully saturated rings. The summed E-state index contributed by atoms with van der Waals surface area (Å²) >= 11 is 0. The molecule has 4 rings (SSSR count). The summed E-state index contributed by atoms with van der Waals surface area (Å²) in [5.74, 6) is 1.73. The molecule has 3 N–H and O–H groups in total. The predicted octanol–water partition coefficient (Wildman–Crippen LogP) is 7.00. The molecule has 4 heteroatoms. The van der Waals surface area contributed by atoms with Crippen LogP contribution < -0.4 is 0 Å². The molecule has 0 radical (unpaired) electrons. The molecular formula is C34H52O4. The Morgan fingerprint density at radius 2 is 1.87 bits per heavy atom. The summed E-state index contributed by atoms with van der Waals surface area (Å²) < 4.78 is 0. The van der Waals surface area contributed by atoms with Gasteiger partial charge in [-0.25, -0.2) is 0 Å². The minimum absolute atomic E-state index is 0.228. The lowest BCUT2D eigenvalue weighted by molar-refractivity contribution is -0.127. The van der Waals surface area contributed by atoms with E-state index < -0.39 is 23.7 Å². The SMILES string of the molecule is C=C1/C(=C\C=C2/CCC[C@]3(C)[C@@H]([C@H](C)/C=C/[C@H](O)C4(C(=O)CCCCCC)CC4)CC[C@@H]23)C[C@@H](O)C[C@@H]1O. The fourth-order valence-electron chi connectivity index (χ4n) is 8.04. The van der Waals surface area contributed by atoms with Gasteiger partial charge in [0.15, 0.2) is 0 Å². The zero-order valence-electron chi connectivity index (χ0n) is 24.1. The van der Waals surface area contributed by atoms with Crippen LogP contribution in [-0.4, -0.2) is 39.4 Å². The zero-order valence-corrected chi connectivity index (χ0v) is 24.1. The van der Waals surface area contributed by atoms with E-state index in [1.165, 1.54) is 44.1 Å². The molecule has 212 valence electrons. The van der Waals surface area contributed by atoms with Gasteiger partial charge in [-0.05, 0) is 92.1 Å². The second-order valence-electron chi connectivity index (χ2n) is 13.2. The Labute approximate surface area is 231 Å². The first-order valence-corrected chi connectivity index (χ1v) is 15.5. The number of carbonyl (C=O) groups is 1. The molecule has 0 aromatic rings. The van der Waals surface area contributed by atoms with Crippen LogP contribution in [0, 0.1) is 28.6 Å². The third kappa shape index (κ3) is 6.13. The van der Waals surface area contributed by atoms with Gasteiger partial charge in [-0.3, -0.25) is 4.79 Å². The van der Waals surface area contributed by atoms with Crippen molar-refractivity contribution < 1.29 is 20.1 Å². The van der Waals surface area contributed by atoms with Crippen molar-refractivity contribution in [2.45, 2.75) is 129 Å². The average molecular weight is 525 g/mol. The number of hydrogen-bond donors (Lipinski definition) is 3. The Morgan fingerprint density at radius 3 is 2.58 bits per heavy atom. The van der Waals surface area contributed by atoms with Crippen LogP contribution in [0.15, 0.2) is 47.6 Å². The van der Waals surface area contributed by atoms with E-state index in [9.17, 15) is 20.1 Å². The molecule has 4 aliphatic rings. The number of aliphatic hydroxyl groups is 3. The standard InChI is InChI=1S/C34H52O4/c1-5-6-7-8-11-31(37)34(19-20-34)32(38)17-12-23(2)28-15-16-29-25(10-9-18-33(28,29)4)13-14-26-21-27(35)22-30(36)24(26)3/h12-14,17,23,27-30,32,35-36,38H,3,5-11,15-16,18-22H2,1-2,4H3/b17-12+,25-13+,26-14-/t23-,27-,28-,29+,30+,32+,33-/m1/s1. The maximum Gasteiger partial charge on any atom is 0.141 e. The molecule has 0 aromatic carbocycles. The molecule has 4 aliphatic carbocycles. The quantitative estimate of drug-likeness (QED) is 0.201. The number of aliphatic hydroxyl groups excluding tert-OH is 3. The van der Waals surface area contributed by atoms with E-state index in [0.29, 0.717) is 37.0 Å². The summed E-state index contributed by atoms with van der Waals surface area (Å²) in [6, 6.07) is 0. The highest BCUT2D eigenvalue weighted by Crippen LogP contribution is 2.60. The molecule has 0 saturated heterocycles. The molecule has 0 aliphatic heterocycles. The van der Waals surface area contributed by atoms with Crippen molar-refractivity contribution in [3.63, 3.8) is 0 Å². The lowest BCUT2D eigenvalue weighted by atomic mass is 9.61. The Hall–Kier alpha value is -1.49. The van der Waals surface area contributed by atoms with E-state index in [4.69, 9.17) is 0 Å². The molecule has 38 heavy (non-hydrogen) atoms. The van der Waals surface area contributed by atoms with Crippen LogP contribution in [-0.2, 0) is 4.79 Å². The van der Waals surface area contributed by atoms with Gasteiger partial charge in [0.25, 0.3) is 0 Å². The van der Waals surface area contributed by atoms with Crippen molar-refractivity contribution in [3.8, 4) is 0 Å². The Kier molecular flexibility index (Phi) is 9.59. The van der Waals surface area contributed by atoms with E-state index >= 15 is 0 Å². The first-order chi connectivity index (χ1) is 18.1. The largest absolute Gasteiger partial charge is 0.393 e. The number of ketones is 1. The van der Waals surface area contributed by atoms with Gasteiger partial charge in [-0.1, -0.05) is 76.5 Å². The van der Waals surface area contributed by atoms with E-state index in [1.807, 2.05) is 6.08 Å². The van der Waals surface area contributed by atoms with Gasteiger partial charge in [0, 0.05) is 12.8 Å². The van der Waals surface area contributed by atoms with E-state index in [0.717, 1.165) is 43.3 Å². The van der Waals surface area contributed by atoms with Gasteiger partial charge in [-0.15, -0.1) is 0 Å². The van der Waals surface area contributed by atoms with Crippen LogP contribution in [0.5, 0.6) is 0 Å². The number of fused-ring (bicyclic) bond motifs is 1. The van der Waals surface area contributed by atoms with Gasteiger partial charge in [-0.2, -0.15) is 0 Å². The fraction of sp³-hybridized carbons (Fsp3) is 0.735. The van der Waals surface area contributed by atoms with Crippen molar-refractivity contribution in [2.75, 3.05) is 0 Å². The summed E-state index contributed by atoms with van der Waals surface area (Å²) in [5, 5.41) is 31.4. The number of carbonyl (C=O) groups excluding carboxylic acids is 1. The maximum atomic E-state index is 12.9. The highest BCUT2D eigenvalue weighted by atomic mass is 16.3. The molecule has 7 atom stereocenters.